The molecule has 0 atom stereocenters. The Kier molecular flexibility index (Phi) is 8.49. The summed E-state index contributed by atoms with van der Waals surface area (Å²) in [6.07, 6.45) is 6.38. The van der Waals surface area contributed by atoms with Gasteiger partial charge in [-0.15, -0.1) is 0 Å². The van der Waals surface area contributed by atoms with Gasteiger partial charge in [-0.05, 0) is 56.9 Å². The molecule has 1 saturated carbocycles. The topological polar surface area (TPSA) is 95.4 Å². The third kappa shape index (κ3) is 5.71. The zero-order chi connectivity index (χ0) is 20.3. The van der Waals surface area contributed by atoms with Gasteiger partial charge in [0.25, 0.3) is 0 Å². The molecule has 150 valence electrons. The van der Waals surface area contributed by atoms with E-state index in [1.165, 1.54) is 19.3 Å². The molecule has 0 unspecified atom stereocenters. The maximum Gasteiger partial charge on any atom is 1.00 e. The Morgan fingerprint density at radius 1 is 1.14 bits per heavy atom. The van der Waals surface area contributed by atoms with Crippen LogP contribution in [0.4, 0.5) is 0 Å². The summed E-state index contributed by atoms with van der Waals surface area (Å²) in [5.41, 5.74) is 5.36. The van der Waals surface area contributed by atoms with Crippen LogP contribution in [-0.4, -0.2) is 27.7 Å². The van der Waals surface area contributed by atoms with E-state index in [2.05, 4.69) is 4.98 Å². The number of rotatable bonds is 6. The summed E-state index contributed by atoms with van der Waals surface area (Å²) in [4.78, 5) is 19.9. The molecule has 0 aliphatic heterocycles. The molecule has 0 radical (unpaired) electrons. The van der Waals surface area contributed by atoms with Gasteiger partial charge in [-0.1, -0.05) is 19.3 Å². The van der Waals surface area contributed by atoms with Crippen molar-refractivity contribution < 1.29 is 49.3 Å². The number of aryl methyl sites for hydroxylation is 1. The van der Waals surface area contributed by atoms with Crippen LogP contribution < -0.4 is 39.4 Å². The Morgan fingerprint density at radius 3 is 2.48 bits per heavy atom. The number of carbonyl (C=O) groups is 1. The Hall–Kier alpha value is -1.63. The molecule has 1 aliphatic carbocycles. The molecular weight excluding hydrogens is 379 g/mol. The van der Waals surface area contributed by atoms with E-state index in [0.29, 0.717) is 18.2 Å². The SMILES string of the molecule is Cc1nc(OCC(=O)[O-])c(C)c(C)c1Cc1ccc(O)c(C2CCCCC2)n1.[Na+]. The molecule has 0 aromatic carbocycles. The number of aromatic hydroxyl groups is 1. The van der Waals surface area contributed by atoms with Gasteiger partial charge >= 0.3 is 29.6 Å². The number of nitrogens with zero attached hydrogens (tertiary/aromatic N) is 2. The smallest absolute Gasteiger partial charge is 0.546 e. The summed E-state index contributed by atoms with van der Waals surface area (Å²) < 4.78 is 5.26. The van der Waals surface area contributed by atoms with Gasteiger partial charge in [0.15, 0.2) is 0 Å². The summed E-state index contributed by atoms with van der Waals surface area (Å²) in [6.45, 7) is 5.22. The van der Waals surface area contributed by atoms with E-state index in [0.717, 1.165) is 46.6 Å². The molecule has 0 bridgehead atoms. The second kappa shape index (κ2) is 10.4. The van der Waals surface area contributed by atoms with Crippen LogP contribution in [0.2, 0.25) is 0 Å². The number of carboxylic acids is 1. The molecule has 3 rings (SSSR count). The molecule has 1 N–H and O–H groups in total. The predicted octanol–water partition coefficient (Wildman–Crippen LogP) is -0.121. The average molecular weight is 406 g/mol. The first-order valence-electron chi connectivity index (χ1n) is 9.85. The fourth-order valence-electron chi connectivity index (χ4n) is 3.96. The molecule has 29 heavy (non-hydrogen) atoms. The molecule has 0 saturated heterocycles. The van der Waals surface area contributed by atoms with Crippen molar-refractivity contribution in [3.8, 4) is 11.6 Å². The molecular formula is C22H27N2NaO4. The number of carboxylic acid groups (broad SMARTS) is 1. The molecule has 2 heterocycles. The zero-order valence-electron chi connectivity index (χ0n) is 17.7. The van der Waals surface area contributed by atoms with Crippen molar-refractivity contribution in [1.29, 1.82) is 0 Å². The molecule has 0 amide bonds. The maximum absolute atomic E-state index is 10.7. The van der Waals surface area contributed by atoms with Crippen molar-refractivity contribution in [2.24, 2.45) is 0 Å². The Morgan fingerprint density at radius 2 is 1.83 bits per heavy atom. The van der Waals surface area contributed by atoms with Gasteiger partial charge in [-0.25, -0.2) is 4.98 Å². The van der Waals surface area contributed by atoms with Gasteiger partial charge in [0.05, 0.1) is 11.7 Å². The van der Waals surface area contributed by atoms with Crippen molar-refractivity contribution in [2.75, 3.05) is 6.61 Å². The van der Waals surface area contributed by atoms with Crippen molar-refractivity contribution >= 4 is 5.97 Å². The van der Waals surface area contributed by atoms with Crippen molar-refractivity contribution in [3.63, 3.8) is 0 Å². The minimum Gasteiger partial charge on any atom is -0.546 e. The average Bonchev–Trinajstić information content (AvgIpc) is 2.68. The Balaban J connectivity index is 0.00000300. The zero-order valence-corrected chi connectivity index (χ0v) is 19.7. The van der Waals surface area contributed by atoms with Gasteiger partial charge < -0.3 is 19.7 Å². The minimum absolute atomic E-state index is 0. The van der Waals surface area contributed by atoms with Crippen LogP contribution in [0.25, 0.3) is 0 Å². The van der Waals surface area contributed by atoms with E-state index in [4.69, 9.17) is 9.72 Å². The van der Waals surface area contributed by atoms with Crippen LogP contribution in [-0.2, 0) is 11.2 Å². The number of hydrogen-bond acceptors (Lipinski definition) is 6. The molecule has 7 heteroatoms. The maximum atomic E-state index is 10.7. The first-order chi connectivity index (χ1) is 13.4. The number of aromatic nitrogens is 2. The monoisotopic (exact) mass is 406 g/mol. The van der Waals surface area contributed by atoms with Crippen molar-refractivity contribution in [3.05, 3.63) is 45.9 Å². The van der Waals surface area contributed by atoms with Crippen LogP contribution in [0, 0.1) is 20.8 Å². The fraction of sp³-hybridized carbons (Fsp3) is 0.500. The van der Waals surface area contributed by atoms with Crippen LogP contribution in [0.3, 0.4) is 0 Å². The van der Waals surface area contributed by atoms with Gasteiger partial charge in [-0.3, -0.25) is 4.98 Å². The van der Waals surface area contributed by atoms with Crippen molar-refractivity contribution in [2.45, 2.75) is 65.2 Å². The number of hydrogen-bond donors (Lipinski definition) is 1. The third-order valence-corrected chi connectivity index (χ3v) is 5.68. The number of ether oxygens (including phenoxy) is 1. The fourth-order valence-corrected chi connectivity index (χ4v) is 3.96. The summed E-state index contributed by atoms with van der Waals surface area (Å²) in [5.74, 6) is -0.339. The first-order valence-corrected chi connectivity index (χ1v) is 9.85. The summed E-state index contributed by atoms with van der Waals surface area (Å²) >= 11 is 0. The van der Waals surface area contributed by atoms with E-state index >= 15 is 0 Å². The second-order valence-electron chi connectivity index (χ2n) is 7.61. The van der Waals surface area contributed by atoms with Crippen LogP contribution in [0.5, 0.6) is 11.6 Å². The summed E-state index contributed by atoms with van der Waals surface area (Å²) in [5, 5.41) is 21.0. The van der Waals surface area contributed by atoms with Crippen LogP contribution in [0.15, 0.2) is 12.1 Å². The minimum atomic E-state index is -1.27. The Labute approximate surface area is 194 Å². The van der Waals surface area contributed by atoms with Crippen LogP contribution >= 0.6 is 0 Å². The van der Waals surface area contributed by atoms with E-state index < -0.39 is 12.6 Å². The van der Waals surface area contributed by atoms with Gasteiger partial charge in [0, 0.05) is 29.3 Å². The Bertz CT molecular complexity index is 880. The standard InChI is InChI=1S/C22H28N2O4.Na/c1-13-14(2)22(28-12-20(26)27)23-15(3)18(13)11-17-9-10-19(25)21(24-17)16-7-5-4-6-8-16;/h9-10,16,25H,4-8,11-12H2,1-3H3,(H,26,27);/q;+1/p-1. The van der Waals surface area contributed by atoms with Gasteiger partial charge in [0.2, 0.25) is 5.88 Å². The molecule has 0 spiro atoms. The third-order valence-electron chi connectivity index (χ3n) is 5.68. The van der Waals surface area contributed by atoms with Crippen LogP contribution in [0.1, 0.15) is 71.8 Å². The quantitative estimate of drug-likeness (QED) is 0.672. The van der Waals surface area contributed by atoms with Gasteiger partial charge in [0.1, 0.15) is 12.4 Å². The first kappa shape index (κ1) is 23.6. The van der Waals surface area contributed by atoms with Crippen molar-refractivity contribution in [1.82, 2.24) is 9.97 Å². The van der Waals surface area contributed by atoms with E-state index in [9.17, 15) is 15.0 Å². The molecule has 2 aromatic heterocycles. The van der Waals surface area contributed by atoms with E-state index in [-0.39, 0.29) is 35.3 Å². The normalized spacial score (nSPS) is 14.3. The number of carbonyl (C=O) groups excluding carboxylic acids is 1. The molecule has 1 fully saturated rings. The van der Waals surface area contributed by atoms with Gasteiger partial charge in [-0.2, -0.15) is 0 Å². The number of pyridine rings is 2. The van der Waals surface area contributed by atoms with E-state index in [1.807, 2.05) is 26.8 Å². The predicted molar refractivity (Wildman–Crippen MR) is 103 cm³/mol. The largest absolute Gasteiger partial charge is 1.00 e. The summed E-state index contributed by atoms with van der Waals surface area (Å²) in [6, 6.07) is 3.60. The molecule has 1 aliphatic rings. The molecule has 2 aromatic rings. The second-order valence-corrected chi connectivity index (χ2v) is 7.61. The van der Waals surface area contributed by atoms with E-state index in [1.54, 1.807) is 6.07 Å². The summed E-state index contributed by atoms with van der Waals surface area (Å²) in [7, 11) is 0. The molecule has 6 nitrogen and oxygen atoms in total. The number of aliphatic carboxylic acids is 1.